The number of nitrogens with one attached hydrogen (secondary N) is 2. The van der Waals surface area contributed by atoms with Crippen LogP contribution >= 0.6 is 27.5 Å². The molecule has 0 unspecified atom stereocenters. The summed E-state index contributed by atoms with van der Waals surface area (Å²) in [7, 11) is 0. The fraction of sp³-hybridized carbons (Fsp3) is 0.417. The molecule has 2 rings (SSSR count). The van der Waals surface area contributed by atoms with Gasteiger partial charge >= 0.3 is 6.61 Å². The largest absolute Gasteiger partial charge is 0.431 e. The maximum atomic E-state index is 12.4. The molecule has 0 saturated carbocycles. The molecule has 4 nitrogen and oxygen atoms in total. The second kappa shape index (κ2) is 6.69. The molecule has 110 valence electrons. The topological polar surface area (TPSA) is 50.4 Å². The summed E-state index contributed by atoms with van der Waals surface area (Å²) in [6.45, 7) is -1.42. The first-order valence-electron chi connectivity index (χ1n) is 5.90. The van der Waals surface area contributed by atoms with Crippen molar-refractivity contribution in [3.8, 4) is 5.75 Å². The van der Waals surface area contributed by atoms with Crippen LogP contribution in [0.1, 0.15) is 6.42 Å². The van der Waals surface area contributed by atoms with E-state index in [0.29, 0.717) is 11.4 Å². The van der Waals surface area contributed by atoms with Gasteiger partial charge in [0.05, 0.1) is 10.2 Å². The highest BCUT2D eigenvalue weighted by atomic mass is 79.9. The quantitative estimate of drug-likeness (QED) is 0.838. The van der Waals surface area contributed by atoms with Gasteiger partial charge in [0, 0.05) is 11.4 Å². The van der Waals surface area contributed by atoms with Gasteiger partial charge in [-0.3, -0.25) is 4.79 Å². The average Bonchev–Trinajstić information content (AvgIpc) is 2.28. The number of hydrogen-bond acceptors (Lipinski definition) is 3. The smallest absolute Gasteiger partial charge is 0.387 e. The van der Waals surface area contributed by atoms with Crippen molar-refractivity contribution in [1.82, 2.24) is 5.32 Å². The summed E-state index contributed by atoms with van der Waals surface area (Å²) in [5, 5.41) is 5.92. The number of ether oxygens (including phenoxy) is 1. The molecular weight excluding hydrogens is 357 g/mol. The number of carbonyl (C=O) groups is 1. The first-order chi connectivity index (χ1) is 9.45. The van der Waals surface area contributed by atoms with E-state index in [-0.39, 0.29) is 27.7 Å². The van der Waals surface area contributed by atoms with E-state index < -0.39 is 6.61 Å². The van der Waals surface area contributed by atoms with Gasteiger partial charge in [-0.2, -0.15) is 8.78 Å². The van der Waals surface area contributed by atoms with E-state index >= 15 is 0 Å². The normalized spacial score (nSPS) is 15.1. The summed E-state index contributed by atoms with van der Waals surface area (Å²) in [4.78, 5) is 11.8. The molecular formula is C12H12BrClF2N2O2. The van der Waals surface area contributed by atoms with Gasteiger partial charge in [-0.1, -0.05) is 11.6 Å². The lowest BCUT2D eigenvalue weighted by Crippen LogP contribution is -2.43. The SMILES string of the molecule is O=C(CC1CNC1)Nc1cc(Cl)cc(Br)c1OC(F)F. The lowest BCUT2D eigenvalue weighted by molar-refractivity contribution is -0.117. The van der Waals surface area contributed by atoms with Crippen molar-refractivity contribution in [2.75, 3.05) is 18.4 Å². The Labute approximate surface area is 127 Å². The molecule has 1 amide bonds. The highest BCUT2D eigenvalue weighted by Crippen LogP contribution is 2.37. The summed E-state index contributed by atoms with van der Waals surface area (Å²) in [5.41, 5.74) is 0.127. The van der Waals surface area contributed by atoms with Gasteiger partial charge in [0.25, 0.3) is 0 Å². The van der Waals surface area contributed by atoms with Gasteiger partial charge in [-0.25, -0.2) is 0 Å². The van der Waals surface area contributed by atoms with E-state index in [9.17, 15) is 13.6 Å². The van der Waals surface area contributed by atoms with Crippen LogP contribution < -0.4 is 15.4 Å². The zero-order chi connectivity index (χ0) is 14.7. The number of carbonyl (C=O) groups excluding carboxylic acids is 1. The summed E-state index contributed by atoms with van der Waals surface area (Å²) in [6.07, 6.45) is 0.325. The van der Waals surface area contributed by atoms with Crippen molar-refractivity contribution in [2.24, 2.45) is 5.92 Å². The molecule has 0 atom stereocenters. The predicted octanol–water partition coefficient (Wildman–Crippen LogP) is 3.25. The third-order valence-electron chi connectivity index (χ3n) is 2.83. The van der Waals surface area contributed by atoms with E-state index in [2.05, 4.69) is 31.3 Å². The molecule has 0 aliphatic carbocycles. The van der Waals surface area contributed by atoms with Gasteiger partial charge in [0.15, 0.2) is 5.75 Å². The van der Waals surface area contributed by atoms with Crippen LogP contribution in [0.25, 0.3) is 0 Å². The number of halogens is 4. The summed E-state index contributed by atoms with van der Waals surface area (Å²) >= 11 is 8.94. The Morgan fingerprint density at radius 1 is 1.55 bits per heavy atom. The molecule has 1 fully saturated rings. The lowest BCUT2D eigenvalue weighted by Gasteiger charge is -2.26. The molecule has 1 aliphatic heterocycles. The standard InChI is InChI=1S/C12H12BrClF2N2O2/c13-8-2-7(14)3-9(11(8)20-12(15)16)18-10(19)1-6-4-17-5-6/h2-3,6,12,17H,1,4-5H2,(H,18,19). The molecule has 2 N–H and O–H groups in total. The Hall–Kier alpha value is -0.920. The van der Waals surface area contributed by atoms with Crippen LogP contribution in [-0.2, 0) is 4.79 Å². The van der Waals surface area contributed by atoms with Gasteiger partial charge in [-0.15, -0.1) is 0 Å². The van der Waals surface area contributed by atoms with E-state index in [1.165, 1.54) is 12.1 Å². The Morgan fingerprint density at radius 2 is 2.25 bits per heavy atom. The molecule has 1 aliphatic rings. The third kappa shape index (κ3) is 4.04. The van der Waals surface area contributed by atoms with Crippen LogP contribution in [0, 0.1) is 5.92 Å². The number of anilines is 1. The van der Waals surface area contributed by atoms with Crippen molar-refractivity contribution < 1.29 is 18.3 Å². The van der Waals surface area contributed by atoms with Crippen LogP contribution in [-0.4, -0.2) is 25.6 Å². The molecule has 0 aromatic heterocycles. The molecule has 0 bridgehead atoms. The van der Waals surface area contributed by atoms with Gasteiger partial charge in [-0.05, 0) is 47.1 Å². The molecule has 1 aromatic rings. The van der Waals surface area contributed by atoms with Crippen molar-refractivity contribution in [3.63, 3.8) is 0 Å². The zero-order valence-electron chi connectivity index (χ0n) is 10.3. The molecule has 0 radical (unpaired) electrons. The fourth-order valence-corrected chi connectivity index (χ4v) is 2.72. The minimum Gasteiger partial charge on any atom is -0.431 e. The minimum atomic E-state index is -2.99. The lowest BCUT2D eigenvalue weighted by atomic mass is 9.99. The molecule has 1 saturated heterocycles. The van der Waals surface area contributed by atoms with Crippen molar-refractivity contribution in [2.45, 2.75) is 13.0 Å². The minimum absolute atomic E-state index is 0.127. The third-order valence-corrected chi connectivity index (χ3v) is 3.64. The maximum absolute atomic E-state index is 12.4. The average molecular weight is 370 g/mol. The Bertz CT molecular complexity index is 512. The van der Waals surface area contributed by atoms with Crippen LogP contribution in [0.15, 0.2) is 16.6 Å². The van der Waals surface area contributed by atoms with Crippen LogP contribution in [0.5, 0.6) is 5.75 Å². The van der Waals surface area contributed by atoms with E-state index in [1.807, 2.05) is 0 Å². The van der Waals surface area contributed by atoms with Crippen molar-refractivity contribution in [1.29, 1.82) is 0 Å². The number of alkyl halides is 2. The number of benzene rings is 1. The predicted molar refractivity (Wildman–Crippen MR) is 75.4 cm³/mol. The number of rotatable bonds is 5. The molecule has 1 heterocycles. The maximum Gasteiger partial charge on any atom is 0.387 e. The molecule has 8 heteroatoms. The molecule has 20 heavy (non-hydrogen) atoms. The highest BCUT2D eigenvalue weighted by molar-refractivity contribution is 9.10. The summed E-state index contributed by atoms with van der Waals surface area (Å²) in [5.74, 6) is -0.119. The first kappa shape index (κ1) is 15.5. The van der Waals surface area contributed by atoms with E-state index in [4.69, 9.17) is 11.6 Å². The Balaban J connectivity index is 2.13. The molecule has 1 aromatic carbocycles. The van der Waals surface area contributed by atoms with E-state index in [0.717, 1.165) is 13.1 Å². The van der Waals surface area contributed by atoms with Crippen LogP contribution in [0.3, 0.4) is 0 Å². The highest BCUT2D eigenvalue weighted by Gasteiger charge is 2.22. The van der Waals surface area contributed by atoms with E-state index in [1.54, 1.807) is 0 Å². The summed E-state index contributed by atoms with van der Waals surface area (Å²) in [6, 6.07) is 2.80. The molecule has 0 spiro atoms. The Kier molecular flexibility index (Phi) is 5.17. The first-order valence-corrected chi connectivity index (χ1v) is 7.07. The van der Waals surface area contributed by atoms with Crippen LogP contribution in [0.2, 0.25) is 5.02 Å². The van der Waals surface area contributed by atoms with Gasteiger partial charge < -0.3 is 15.4 Å². The number of hydrogen-bond donors (Lipinski definition) is 2. The van der Waals surface area contributed by atoms with Crippen molar-refractivity contribution >= 4 is 39.1 Å². The van der Waals surface area contributed by atoms with Gasteiger partial charge in [0.2, 0.25) is 5.91 Å². The second-order valence-electron chi connectivity index (χ2n) is 4.42. The van der Waals surface area contributed by atoms with Crippen LogP contribution in [0.4, 0.5) is 14.5 Å². The monoisotopic (exact) mass is 368 g/mol. The second-order valence-corrected chi connectivity index (χ2v) is 5.71. The Morgan fingerprint density at radius 3 is 2.80 bits per heavy atom. The fourth-order valence-electron chi connectivity index (χ4n) is 1.82. The van der Waals surface area contributed by atoms with Gasteiger partial charge in [0.1, 0.15) is 0 Å². The zero-order valence-corrected chi connectivity index (χ0v) is 12.6. The van der Waals surface area contributed by atoms with Crippen molar-refractivity contribution in [3.05, 3.63) is 21.6 Å². The number of amides is 1. The summed E-state index contributed by atoms with van der Waals surface area (Å²) < 4.78 is 29.5.